The van der Waals surface area contributed by atoms with Crippen LogP contribution in [-0.2, 0) is 7.05 Å². The van der Waals surface area contributed by atoms with Gasteiger partial charge < -0.3 is 9.55 Å². The number of fused-ring (bicyclic) bond motifs is 1. The van der Waals surface area contributed by atoms with Crippen LogP contribution in [0.25, 0.3) is 22.2 Å². The van der Waals surface area contributed by atoms with Gasteiger partial charge in [0.2, 0.25) is 0 Å². The van der Waals surface area contributed by atoms with E-state index in [2.05, 4.69) is 9.97 Å². The molecule has 0 amide bonds. The standard InChI is InChI=1S/C13H11N3O/c1-16-8-15-12(7-17)13(16)10-6-14-11-5-3-2-4-9(10)11/h2-8,14H,1H3. The lowest BCUT2D eigenvalue weighted by Gasteiger charge is -2.01. The van der Waals surface area contributed by atoms with Crippen molar-refractivity contribution in [3.05, 3.63) is 42.5 Å². The normalized spacial score (nSPS) is 10.9. The van der Waals surface area contributed by atoms with Crippen LogP contribution in [0, 0.1) is 0 Å². The Bertz CT molecular complexity index is 694. The van der Waals surface area contributed by atoms with Gasteiger partial charge in [-0.05, 0) is 6.07 Å². The predicted molar refractivity (Wildman–Crippen MR) is 65.9 cm³/mol. The molecule has 0 radical (unpaired) electrons. The third kappa shape index (κ3) is 1.38. The molecule has 0 bridgehead atoms. The first-order valence-corrected chi connectivity index (χ1v) is 5.34. The lowest BCUT2D eigenvalue weighted by Crippen LogP contribution is -1.92. The smallest absolute Gasteiger partial charge is 0.170 e. The highest BCUT2D eigenvalue weighted by Gasteiger charge is 2.14. The maximum Gasteiger partial charge on any atom is 0.170 e. The molecule has 84 valence electrons. The minimum Gasteiger partial charge on any atom is -0.360 e. The summed E-state index contributed by atoms with van der Waals surface area (Å²) in [5, 5.41) is 1.10. The fraction of sp³-hybridized carbons (Fsp3) is 0.0769. The summed E-state index contributed by atoms with van der Waals surface area (Å²) in [6.45, 7) is 0. The number of aromatic amines is 1. The Morgan fingerprint density at radius 3 is 3.00 bits per heavy atom. The van der Waals surface area contributed by atoms with Gasteiger partial charge in [-0.2, -0.15) is 0 Å². The molecular weight excluding hydrogens is 214 g/mol. The number of aryl methyl sites for hydroxylation is 1. The Kier molecular flexibility index (Phi) is 2.08. The lowest BCUT2D eigenvalue weighted by molar-refractivity contribution is 0.112. The summed E-state index contributed by atoms with van der Waals surface area (Å²) in [7, 11) is 1.89. The first-order valence-electron chi connectivity index (χ1n) is 5.34. The van der Waals surface area contributed by atoms with E-state index in [1.165, 1.54) is 0 Å². The van der Waals surface area contributed by atoms with Crippen LogP contribution in [0.1, 0.15) is 10.5 Å². The Labute approximate surface area is 97.9 Å². The van der Waals surface area contributed by atoms with Crippen molar-refractivity contribution < 1.29 is 4.79 Å². The molecule has 1 N–H and O–H groups in total. The molecule has 0 unspecified atom stereocenters. The number of nitrogens with zero attached hydrogens (tertiary/aromatic N) is 2. The van der Waals surface area contributed by atoms with Crippen LogP contribution in [0.2, 0.25) is 0 Å². The second-order valence-electron chi connectivity index (χ2n) is 3.96. The average Bonchev–Trinajstić information content (AvgIpc) is 2.92. The molecular formula is C13H11N3O. The molecule has 1 aromatic carbocycles. The van der Waals surface area contributed by atoms with Gasteiger partial charge >= 0.3 is 0 Å². The average molecular weight is 225 g/mol. The van der Waals surface area contributed by atoms with Gasteiger partial charge in [0.15, 0.2) is 6.29 Å². The minimum atomic E-state index is 0.470. The topological polar surface area (TPSA) is 50.7 Å². The van der Waals surface area contributed by atoms with Gasteiger partial charge in [-0.3, -0.25) is 4.79 Å². The number of nitrogens with one attached hydrogen (secondary N) is 1. The van der Waals surface area contributed by atoms with Crippen molar-refractivity contribution in [3.63, 3.8) is 0 Å². The zero-order chi connectivity index (χ0) is 11.8. The van der Waals surface area contributed by atoms with Crippen LogP contribution in [0.5, 0.6) is 0 Å². The highest BCUT2D eigenvalue weighted by Crippen LogP contribution is 2.29. The monoisotopic (exact) mass is 225 g/mol. The second kappa shape index (κ2) is 3.59. The van der Waals surface area contributed by atoms with E-state index in [0.717, 1.165) is 28.4 Å². The summed E-state index contributed by atoms with van der Waals surface area (Å²) in [5.41, 5.74) is 3.37. The number of H-pyrrole nitrogens is 1. The summed E-state index contributed by atoms with van der Waals surface area (Å²) in [6, 6.07) is 8.00. The van der Waals surface area contributed by atoms with Gasteiger partial charge in [-0.1, -0.05) is 18.2 Å². The van der Waals surface area contributed by atoms with Gasteiger partial charge in [-0.25, -0.2) is 4.98 Å². The Hall–Kier alpha value is -2.36. The number of carbonyl (C=O) groups is 1. The maximum absolute atomic E-state index is 11.0. The largest absolute Gasteiger partial charge is 0.360 e. The Morgan fingerprint density at radius 1 is 1.35 bits per heavy atom. The molecule has 0 saturated carbocycles. The van der Waals surface area contributed by atoms with Crippen molar-refractivity contribution in [2.45, 2.75) is 0 Å². The molecule has 0 fully saturated rings. The number of imidazole rings is 1. The van der Waals surface area contributed by atoms with Crippen molar-refractivity contribution in [2.75, 3.05) is 0 Å². The quantitative estimate of drug-likeness (QED) is 0.681. The first-order chi connectivity index (χ1) is 8.31. The third-order valence-electron chi connectivity index (χ3n) is 2.92. The Balaban J connectivity index is 2.34. The molecule has 0 spiro atoms. The van der Waals surface area contributed by atoms with E-state index in [9.17, 15) is 4.79 Å². The number of rotatable bonds is 2. The SMILES string of the molecule is Cn1cnc(C=O)c1-c1c[nH]c2ccccc12. The first kappa shape index (κ1) is 9.84. The van der Waals surface area contributed by atoms with E-state index in [-0.39, 0.29) is 0 Å². The molecule has 0 aliphatic heterocycles. The number of aromatic nitrogens is 3. The van der Waals surface area contributed by atoms with E-state index < -0.39 is 0 Å². The summed E-state index contributed by atoms with van der Waals surface area (Å²) < 4.78 is 1.86. The molecule has 0 atom stereocenters. The molecule has 0 saturated heterocycles. The van der Waals surface area contributed by atoms with Crippen LogP contribution in [0.4, 0.5) is 0 Å². The third-order valence-corrected chi connectivity index (χ3v) is 2.92. The summed E-state index contributed by atoms with van der Waals surface area (Å²) >= 11 is 0. The highest BCUT2D eigenvalue weighted by atomic mass is 16.1. The van der Waals surface area contributed by atoms with Crippen LogP contribution in [-0.4, -0.2) is 20.8 Å². The van der Waals surface area contributed by atoms with E-state index in [4.69, 9.17) is 0 Å². The lowest BCUT2D eigenvalue weighted by atomic mass is 10.1. The fourth-order valence-electron chi connectivity index (χ4n) is 2.13. The fourth-order valence-corrected chi connectivity index (χ4v) is 2.13. The molecule has 2 heterocycles. The Morgan fingerprint density at radius 2 is 2.18 bits per heavy atom. The summed E-state index contributed by atoms with van der Waals surface area (Å²) in [4.78, 5) is 18.3. The summed E-state index contributed by atoms with van der Waals surface area (Å²) in [6.07, 6.45) is 4.35. The zero-order valence-corrected chi connectivity index (χ0v) is 9.34. The molecule has 4 heteroatoms. The van der Waals surface area contributed by atoms with E-state index in [0.29, 0.717) is 5.69 Å². The minimum absolute atomic E-state index is 0.470. The van der Waals surface area contributed by atoms with Crippen molar-refractivity contribution in [1.82, 2.24) is 14.5 Å². The van der Waals surface area contributed by atoms with Crippen LogP contribution in [0.15, 0.2) is 36.8 Å². The molecule has 2 aromatic heterocycles. The molecule has 17 heavy (non-hydrogen) atoms. The summed E-state index contributed by atoms with van der Waals surface area (Å²) in [5.74, 6) is 0. The van der Waals surface area contributed by atoms with Gasteiger partial charge in [-0.15, -0.1) is 0 Å². The number of benzene rings is 1. The number of para-hydroxylation sites is 1. The molecule has 0 aliphatic carbocycles. The molecule has 3 rings (SSSR count). The van der Waals surface area contributed by atoms with E-state index in [1.807, 2.05) is 42.1 Å². The number of hydrogen-bond donors (Lipinski definition) is 1. The van der Waals surface area contributed by atoms with Gasteiger partial charge in [0.05, 0.1) is 12.0 Å². The van der Waals surface area contributed by atoms with Gasteiger partial charge in [0.25, 0.3) is 0 Å². The van der Waals surface area contributed by atoms with Gasteiger partial charge in [0, 0.05) is 29.7 Å². The number of carbonyl (C=O) groups excluding carboxylic acids is 1. The zero-order valence-electron chi connectivity index (χ0n) is 9.34. The van der Waals surface area contributed by atoms with Crippen LogP contribution >= 0.6 is 0 Å². The van der Waals surface area contributed by atoms with E-state index in [1.54, 1.807) is 6.33 Å². The van der Waals surface area contributed by atoms with Crippen molar-refractivity contribution in [3.8, 4) is 11.3 Å². The second-order valence-corrected chi connectivity index (χ2v) is 3.96. The highest BCUT2D eigenvalue weighted by molar-refractivity contribution is 5.98. The van der Waals surface area contributed by atoms with Crippen LogP contribution < -0.4 is 0 Å². The maximum atomic E-state index is 11.0. The molecule has 3 aromatic rings. The van der Waals surface area contributed by atoms with Crippen molar-refractivity contribution in [2.24, 2.45) is 7.05 Å². The van der Waals surface area contributed by atoms with Crippen molar-refractivity contribution in [1.29, 1.82) is 0 Å². The van der Waals surface area contributed by atoms with Gasteiger partial charge in [0.1, 0.15) is 5.69 Å². The molecule has 4 nitrogen and oxygen atoms in total. The van der Waals surface area contributed by atoms with Crippen molar-refractivity contribution >= 4 is 17.2 Å². The number of hydrogen-bond acceptors (Lipinski definition) is 2. The van der Waals surface area contributed by atoms with E-state index >= 15 is 0 Å². The molecule has 0 aliphatic rings. The predicted octanol–water partition coefficient (Wildman–Crippen LogP) is 2.38. The number of aldehydes is 1. The van der Waals surface area contributed by atoms with Crippen LogP contribution in [0.3, 0.4) is 0 Å².